The van der Waals surface area contributed by atoms with E-state index < -0.39 is 5.83 Å². The number of rotatable bonds is 6. The van der Waals surface area contributed by atoms with Crippen LogP contribution in [0, 0.1) is 0 Å². The minimum absolute atomic E-state index is 0.0513. The molecule has 0 saturated carbocycles. The lowest BCUT2D eigenvalue weighted by Gasteiger charge is -2.42. The molecular formula is C22H32FNO. The third-order valence-corrected chi connectivity index (χ3v) is 5.41. The summed E-state index contributed by atoms with van der Waals surface area (Å²) in [5.41, 5.74) is 5.14. The summed E-state index contributed by atoms with van der Waals surface area (Å²) in [6.07, 6.45) is 3.00. The van der Waals surface area contributed by atoms with Crippen LogP contribution >= 0.6 is 0 Å². The van der Waals surface area contributed by atoms with Crippen molar-refractivity contribution in [1.29, 1.82) is 0 Å². The molecule has 0 unspecified atom stereocenters. The van der Waals surface area contributed by atoms with Gasteiger partial charge < -0.3 is 4.90 Å². The van der Waals surface area contributed by atoms with Crippen molar-refractivity contribution < 1.29 is 9.18 Å². The third kappa shape index (κ3) is 3.80. The fourth-order valence-electron chi connectivity index (χ4n) is 3.79. The molecule has 1 aromatic rings. The first kappa shape index (κ1) is 19.7. The second-order valence-electron chi connectivity index (χ2n) is 8.04. The number of nitrogens with zero attached hydrogens (tertiary/aromatic N) is 1. The van der Waals surface area contributed by atoms with E-state index >= 15 is 0 Å². The Morgan fingerprint density at radius 2 is 2.00 bits per heavy atom. The number of halogens is 1. The average Bonchev–Trinajstić information content (AvgIpc) is 2.57. The molecule has 0 atom stereocenters. The van der Waals surface area contributed by atoms with Crippen molar-refractivity contribution in [1.82, 2.24) is 0 Å². The second-order valence-corrected chi connectivity index (χ2v) is 8.04. The Balaban J connectivity index is 2.85. The zero-order valence-electron chi connectivity index (χ0n) is 16.6. The largest absolute Gasteiger partial charge is 0.371 e. The Labute approximate surface area is 152 Å². The fraction of sp³-hybridized carbons (Fsp3) is 0.591. The first-order valence-corrected chi connectivity index (χ1v) is 9.54. The van der Waals surface area contributed by atoms with Crippen molar-refractivity contribution in [2.45, 2.75) is 72.1 Å². The highest BCUT2D eigenvalue weighted by molar-refractivity contribution is 5.90. The van der Waals surface area contributed by atoms with Crippen molar-refractivity contribution in [3.05, 3.63) is 34.6 Å². The van der Waals surface area contributed by atoms with Gasteiger partial charge in [0.25, 0.3) is 0 Å². The van der Waals surface area contributed by atoms with Crippen molar-refractivity contribution in [2.75, 3.05) is 18.0 Å². The van der Waals surface area contributed by atoms with Crippen LogP contribution in [0.15, 0.2) is 18.0 Å². The molecule has 0 amide bonds. The zero-order chi connectivity index (χ0) is 18.8. The predicted molar refractivity (Wildman–Crippen MR) is 105 cm³/mol. The van der Waals surface area contributed by atoms with E-state index in [-0.39, 0.29) is 5.41 Å². The first-order valence-electron chi connectivity index (χ1n) is 9.54. The highest BCUT2D eigenvalue weighted by Crippen LogP contribution is 2.46. The summed E-state index contributed by atoms with van der Waals surface area (Å²) in [5, 5.41) is 0. The molecule has 25 heavy (non-hydrogen) atoms. The van der Waals surface area contributed by atoms with E-state index in [1.165, 1.54) is 11.1 Å². The van der Waals surface area contributed by atoms with E-state index in [4.69, 9.17) is 0 Å². The van der Waals surface area contributed by atoms with Gasteiger partial charge in [-0.15, -0.1) is 0 Å². The molecule has 1 heterocycles. The highest BCUT2D eigenvalue weighted by Gasteiger charge is 2.34. The van der Waals surface area contributed by atoms with Crippen molar-refractivity contribution in [3.63, 3.8) is 0 Å². The van der Waals surface area contributed by atoms with Crippen LogP contribution < -0.4 is 4.90 Å². The summed E-state index contributed by atoms with van der Waals surface area (Å²) in [7, 11) is 0. The lowest BCUT2D eigenvalue weighted by atomic mass is 9.74. The second kappa shape index (κ2) is 7.72. The fourth-order valence-corrected chi connectivity index (χ4v) is 3.79. The molecule has 0 fully saturated rings. The topological polar surface area (TPSA) is 20.3 Å². The summed E-state index contributed by atoms with van der Waals surface area (Å²) in [6.45, 7) is 14.9. The summed E-state index contributed by atoms with van der Waals surface area (Å²) < 4.78 is 14.4. The van der Waals surface area contributed by atoms with Crippen LogP contribution in [0.5, 0.6) is 0 Å². The summed E-state index contributed by atoms with van der Waals surface area (Å²) in [4.78, 5) is 13.5. The van der Waals surface area contributed by atoms with E-state index in [9.17, 15) is 9.18 Å². The highest BCUT2D eigenvalue weighted by atomic mass is 19.1. The maximum Gasteiger partial charge on any atom is 0.178 e. The van der Waals surface area contributed by atoms with Gasteiger partial charge in [-0.3, -0.25) is 4.79 Å². The average molecular weight is 346 g/mol. The van der Waals surface area contributed by atoms with Crippen LogP contribution in [0.4, 0.5) is 10.1 Å². The Morgan fingerprint density at radius 3 is 2.52 bits per heavy atom. The van der Waals surface area contributed by atoms with E-state index in [2.05, 4.69) is 51.7 Å². The van der Waals surface area contributed by atoms with Gasteiger partial charge in [0.05, 0.1) is 0 Å². The van der Waals surface area contributed by atoms with Crippen LogP contribution in [-0.2, 0) is 10.2 Å². The van der Waals surface area contributed by atoms with Crippen molar-refractivity contribution >= 4 is 17.5 Å². The maximum atomic E-state index is 14.4. The standard InChI is InChI=1S/C22H32FNO/c1-7-10-24-11-9-22(5,6)19-13-16(15(3)4)12-18(21(19)24)17(8-2)20(23)14-25/h12-15H,7-11H2,1-6H3. The normalized spacial score (nSPS) is 17.4. The Hall–Kier alpha value is -1.64. The molecule has 0 radical (unpaired) electrons. The Bertz CT molecular complexity index is 673. The molecule has 2 rings (SSSR count). The molecule has 138 valence electrons. The molecule has 1 aliphatic rings. The lowest BCUT2D eigenvalue weighted by molar-refractivity contribution is -0.106. The van der Waals surface area contributed by atoms with Crippen LogP contribution in [-0.4, -0.2) is 19.4 Å². The van der Waals surface area contributed by atoms with Crippen LogP contribution in [0.3, 0.4) is 0 Å². The zero-order valence-corrected chi connectivity index (χ0v) is 16.6. The maximum absolute atomic E-state index is 14.4. The van der Waals surface area contributed by atoms with E-state index in [1.807, 2.05) is 6.92 Å². The number of anilines is 1. The molecule has 3 heteroatoms. The number of carbonyl (C=O) groups is 1. The molecule has 0 aliphatic carbocycles. The lowest BCUT2D eigenvalue weighted by Crippen LogP contribution is -2.38. The van der Waals surface area contributed by atoms with Crippen LogP contribution in [0.25, 0.3) is 5.57 Å². The minimum atomic E-state index is -0.634. The Kier molecular flexibility index (Phi) is 6.08. The number of allylic oxidation sites excluding steroid dienone is 2. The molecule has 0 spiro atoms. The van der Waals surface area contributed by atoms with Gasteiger partial charge in [0.2, 0.25) is 0 Å². The van der Waals surface area contributed by atoms with E-state index in [0.29, 0.717) is 24.2 Å². The van der Waals surface area contributed by atoms with Gasteiger partial charge in [0, 0.05) is 29.9 Å². The van der Waals surface area contributed by atoms with Gasteiger partial charge in [-0.05, 0) is 47.8 Å². The van der Waals surface area contributed by atoms with Gasteiger partial charge in [-0.25, -0.2) is 4.39 Å². The summed E-state index contributed by atoms with van der Waals surface area (Å²) in [6, 6.07) is 4.41. The number of carbonyl (C=O) groups excluding carboxylic acids is 1. The van der Waals surface area contributed by atoms with Crippen LogP contribution in [0.1, 0.15) is 83.4 Å². The van der Waals surface area contributed by atoms with Crippen molar-refractivity contribution in [2.24, 2.45) is 0 Å². The van der Waals surface area contributed by atoms with Crippen LogP contribution in [0.2, 0.25) is 0 Å². The van der Waals surface area contributed by atoms with Gasteiger partial charge in [0.1, 0.15) is 0 Å². The predicted octanol–water partition coefficient (Wildman–Crippen LogP) is 6.00. The van der Waals surface area contributed by atoms with Crippen molar-refractivity contribution in [3.8, 4) is 0 Å². The van der Waals surface area contributed by atoms with Gasteiger partial charge in [-0.1, -0.05) is 47.6 Å². The molecule has 2 nitrogen and oxygen atoms in total. The molecule has 1 aromatic carbocycles. The molecule has 1 aliphatic heterocycles. The van der Waals surface area contributed by atoms with Gasteiger partial charge in [-0.2, -0.15) is 0 Å². The first-order chi connectivity index (χ1) is 11.8. The Morgan fingerprint density at radius 1 is 1.32 bits per heavy atom. The molecule has 0 aromatic heterocycles. The molecule has 0 bridgehead atoms. The van der Waals surface area contributed by atoms with Gasteiger partial charge >= 0.3 is 0 Å². The number of hydrogen-bond donors (Lipinski definition) is 0. The summed E-state index contributed by atoms with van der Waals surface area (Å²) >= 11 is 0. The number of fused-ring (bicyclic) bond motifs is 1. The minimum Gasteiger partial charge on any atom is -0.371 e. The number of aldehydes is 1. The molecular weight excluding hydrogens is 313 g/mol. The molecule has 0 N–H and O–H groups in total. The van der Waals surface area contributed by atoms with Gasteiger partial charge in [0.15, 0.2) is 12.1 Å². The SMILES string of the molecule is CCCN1CCC(C)(C)c2cc(C(C)C)cc(C(CC)=C(F)C=O)c21. The monoisotopic (exact) mass is 345 g/mol. The quantitative estimate of drug-likeness (QED) is 0.466. The summed E-state index contributed by atoms with van der Waals surface area (Å²) in [5.74, 6) is -0.274. The van der Waals surface area contributed by atoms with E-state index in [1.54, 1.807) is 0 Å². The van der Waals surface area contributed by atoms with E-state index in [0.717, 1.165) is 37.2 Å². The number of benzene rings is 1. The third-order valence-electron chi connectivity index (χ3n) is 5.41. The smallest absolute Gasteiger partial charge is 0.178 e. The molecule has 0 saturated heterocycles. The number of hydrogen-bond acceptors (Lipinski definition) is 2.